The third-order valence-electron chi connectivity index (χ3n) is 3.98. The van der Waals surface area contributed by atoms with Gasteiger partial charge in [0.25, 0.3) is 0 Å². The maximum atomic E-state index is 12.4. The average molecular weight is 320 g/mol. The molecule has 0 spiro atoms. The lowest BCUT2D eigenvalue weighted by Crippen LogP contribution is -2.55. The molecule has 1 aromatic rings. The van der Waals surface area contributed by atoms with E-state index in [2.05, 4.69) is 15.6 Å². The first-order valence-electron chi connectivity index (χ1n) is 8.10. The zero-order chi connectivity index (χ0) is 17.4. The maximum Gasteiger partial charge on any atom is 0.243 e. The van der Waals surface area contributed by atoms with Crippen molar-refractivity contribution in [1.82, 2.24) is 15.6 Å². The van der Waals surface area contributed by atoms with Crippen LogP contribution in [-0.2, 0) is 16.1 Å². The van der Waals surface area contributed by atoms with E-state index in [9.17, 15) is 9.59 Å². The smallest absolute Gasteiger partial charge is 0.243 e. The Hall–Kier alpha value is -1.95. The van der Waals surface area contributed by atoms with E-state index < -0.39 is 12.1 Å². The highest BCUT2D eigenvalue weighted by Crippen LogP contribution is 2.08. The third-order valence-corrected chi connectivity index (χ3v) is 3.98. The Morgan fingerprint density at radius 2 is 1.91 bits per heavy atom. The minimum atomic E-state index is -0.610. The molecule has 0 radical (unpaired) electrons. The summed E-state index contributed by atoms with van der Waals surface area (Å²) in [5.41, 5.74) is 6.70. The largest absolute Gasteiger partial charge is 0.349 e. The van der Waals surface area contributed by atoms with Gasteiger partial charge < -0.3 is 16.4 Å². The summed E-state index contributed by atoms with van der Waals surface area (Å²) in [6.45, 7) is 8.02. The molecule has 0 saturated carbocycles. The number of hydrogen-bond donors (Lipinski definition) is 3. The number of carbonyl (C=O) groups is 2. The monoisotopic (exact) mass is 320 g/mol. The molecule has 23 heavy (non-hydrogen) atoms. The average Bonchev–Trinajstić information content (AvgIpc) is 2.56. The van der Waals surface area contributed by atoms with E-state index in [0.29, 0.717) is 6.54 Å². The van der Waals surface area contributed by atoms with Crippen molar-refractivity contribution < 1.29 is 9.59 Å². The van der Waals surface area contributed by atoms with Crippen molar-refractivity contribution in [2.24, 2.45) is 17.6 Å². The molecule has 6 heteroatoms. The molecule has 4 N–H and O–H groups in total. The van der Waals surface area contributed by atoms with Gasteiger partial charge in [-0.15, -0.1) is 0 Å². The topological polar surface area (TPSA) is 97.1 Å². The highest BCUT2D eigenvalue weighted by atomic mass is 16.2. The number of aromatic nitrogens is 1. The molecule has 0 aliphatic carbocycles. The summed E-state index contributed by atoms with van der Waals surface area (Å²) in [5, 5.41) is 5.58. The van der Waals surface area contributed by atoms with Crippen molar-refractivity contribution in [2.45, 2.75) is 52.7 Å². The van der Waals surface area contributed by atoms with Crippen LogP contribution in [0, 0.1) is 11.8 Å². The first kappa shape index (κ1) is 19.1. The van der Waals surface area contributed by atoms with Gasteiger partial charge >= 0.3 is 0 Å². The summed E-state index contributed by atoms with van der Waals surface area (Å²) in [4.78, 5) is 28.7. The van der Waals surface area contributed by atoms with Gasteiger partial charge in [0.1, 0.15) is 6.04 Å². The van der Waals surface area contributed by atoms with Gasteiger partial charge in [0.05, 0.1) is 18.3 Å². The van der Waals surface area contributed by atoms with Crippen molar-refractivity contribution in [3.63, 3.8) is 0 Å². The third kappa shape index (κ3) is 5.98. The molecule has 1 heterocycles. The Bertz CT molecular complexity index is 505. The van der Waals surface area contributed by atoms with Crippen molar-refractivity contribution in [3.05, 3.63) is 30.1 Å². The van der Waals surface area contributed by atoms with Crippen molar-refractivity contribution in [1.29, 1.82) is 0 Å². The standard InChI is InChI=1S/C17H28N4O2/c1-5-12(4)14(18)16(22)21-15(11(2)3)17(23)20-10-13-8-6-7-9-19-13/h6-9,11-12,14-15H,5,10,18H2,1-4H3,(H,20,23)(H,21,22)/t12-,14-,15-/m0/s1. The molecule has 1 aromatic heterocycles. The number of rotatable bonds is 8. The number of nitrogens with zero attached hydrogens (tertiary/aromatic N) is 1. The lowest BCUT2D eigenvalue weighted by Gasteiger charge is -2.25. The number of hydrogen-bond acceptors (Lipinski definition) is 4. The van der Waals surface area contributed by atoms with Gasteiger partial charge in [0, 0.05) is 6.20 Å². The number of carbonyl (C=O) groups excluding carboxylic acids is 2. The predicted octanol–water partition coefficient (Wildman–Crippen LogP) is 1.21. The molecule has 0 fully saturated rings. The van der Waals surface area contributed by atoms with Crippen LogP contribution < -0.4 is 16.4 Å². The van der Waals surface area contributed by atoms with Crippen LogP contribution in [-0.4, -0.2) is 28.9 Å². The molecule has 0 bridgehead atoms. The van der Waals surface area contributed by atoms with Crippen LogP contribution in [0.15, 0.2) is 24.4 Å². The van der Waals surface area contributed by atoms with E-state index in [4.69, 9.17) is 5.73 Å². The fraction of sp³-hybridized carbons (Fsp3) is 0.588. The molecule has 1 rings (SSSR count). The molecule has 0 saturated heterocycles. The molecular weight excluding hydrogens is 292 g/mol. The summed E-state index contributed by atoms with van der Waals surface area (Å²) in [5.74, 6) is -0.479. The van der Waals surface area contributed by atoms with E-state index in [0.717, 1.165) is 12.1 Å². The predicted molar refractivity (Wildman–Crippen MR) is 90.3 cm³/mol. The summed E-state index contributed by atoms with van der Waals surface area (Å²) in [7, 11) is 0. The Morgan fingerprint density at radius 3 is 2.43 bits per heavy atom. The molecule has 6 nitrogen and oxygen atoms in total. The van der Waals surface area contributed by atoms with Gasteiger partial charge in [-0.1, -0.05) is 40.2 Å². The van der Waals surface area contributed by atoms with Gasteiger partial charge in [-0.05, 0) is 24.0 Å². The molecule has 3 atom stereocenters. The van der Waals surface area contributed by atoms with Crippen LogP contribution in [0.2, 0.25) is 0 Å². The molecule has 0 unspecified atom stereocenters. The van der Waals surface area contributed by atoms with Crippen LogP contribution in [0.3, 0.4) is 0 Å². The second-order valence-corrected chi connectivity index (χ2v) is 6.18. The van der Waals surface area contributed by atoms with Crippen LogP contribution in [0.4, 0.5) is 0 Å². The Morgan fingerprint density at radius 1 is 1.22 bits per heavy atom. The second-order valence-electron chi connectivity index (χ2n) is 6.18. The normalized spacial score (nSPS) is 14.9. The zero-order valence-corrected chi connectivity index (χ0v) is 14.4. The van der Waals surface area contributed by atoms with E-state index >= 15 is 0 Å². The van der Waals surface area contributed by atoms with Gasteiger partial charge in [0.2, 0.25) is 11.8 Å². The lowest BCUT2D eigenvalue weighted by atomic mass is 9.97. The first-order chi connectivity index (χ1) is 10.9. The van der Waals surface area contributed by atoms with Crippen LogP contribution in [0.1, 0.15) is 39.8 Å². The quantitative estimate of drug-likeness (QED) is 0.671. The van der Waals surface area contributed by atoms with Gasteiger partial charge in [-0.2, -0.15) is 0 Å². The first-order valence-corrected chi connectivity index (χ1v) is 8.10. The molecule has 2 amide bonds. The Kier molecular flexibility index (Phi) is 7.68. The van der Waals surface area contributed by atoms with E-state index in [1.807, 2.05) is 45.9 Å². The molecule has 0 aliphatic rings. The zero-order valence-electron chi connectivity index (χ0n) is 14.4. The van der Waals surface area contributed by atoms with Gasteiger partial charge in [-0.3, -0.25) is 14.6 Å². The summed E-state index contributed by atoms with van der Waals surface area (Å²) in [6.07, 6.45) is 2.49. The van der Waals surface area contributed by atoms with E-state index in [1.165, 1.54) is 0 Å². The number of nitrogens with one attached hydrogen (secondary N) is 2. The van der Waals surface area contributed by atoms with E-state index in [1.54, 1.807) is 6.20 Å². The highest BCUT2D eigenvalue weighted by molar-refractivity contribution is 5.89. The van der Waals surface area contributed by atoms with Gasteiger partial charge in [0.15, 0.2) is 0 Å². The van der Waals surface area contributed by atoms with Crippen molar-refractivity contribution in [3.8, 4) is 0 Å². The number of nitrogens with two attached hydrogens (primary N) is 1. The van der Waals surface area contributed by atoms with Crippen molar-refractivity contribution >= 4 is 11.8 Å². The maximum absolute atomic E-state index is 12.4. The summed E-state index contributed by atoms with van der Waals surface area (Å²) in [6, 6.07) is 4.30. The minimum absolute atomic E-state index is 0.0354. The number of amides is 2. The molecule has 128 valence electrons. The Balaban J connectivity index is 2.63. The summed E-state index contributed by atoms with van der Waals surface area (Å²) < 4.78 is 0. The molecule has 0 aromatic carbocycles. The summed E-state index contributed by atoms with van der Waals surface area (Å²) >= 11 is 0. The van der Waals surface area contributed by atoms with Crippen LogP contribution >= 0.6 is 0 Å². The lowest BCUT2D eigenvalue weighted by molar-refractivity contribution is -0.131. The molecule has 0 aliphatic heterocycles. The molecular formula is C17H28N4O2. The van der Waals surface area contributed by atoms with Gasteiger partial charge in [-0.25, -0.2) is 0 Å². The highest BCUT2D eigenvalue weighted by Gasteiger charge is 2.28. The van der Waals surface area contributed by atoms with E-state index in [-0.39, 0.29) is 23.7 Å². The fourth-order valence-electron chi connectivity index (χ4n) is 2.09. The van der Waals surface area contributed by atoms with Crippen LogP contribution in [0.25, 0.3) is 0 Å². The SMILES string of the molecule is CC[C@H](C)[C@H](N)C(=O)N[C@H](C(=O)NCc1ccccn1)C(C)C. The second kappa shape index (κ2) is 9.25. The Labute approximate surface area is 138 Å². The fourth-order valence-corrected chi connectivity index (χ4v) is 2.09. The van der Waals surface area contributed by atoms with Crippen LogP contribution in [0.5, 0.6) is 0 Å². The minimum Gasteiger partial charge on any atom is -0.349 e. The van der Waals surface area contributed by atoms with Crippen molar-refractivity contribution in [2.75, 3.05) is 0 Å². The number of pyridine rings is 1.